The Bertz CT molecular complexity index is 1190. The van der Waals surface area contributed by atoms with Crippen LogP contribution >= 0.6 is 0 Å². The van der Waals surface area contributed by atoms with Crippen LogP contribution in [0.4, 0.5) is 5.69 Å². The third-order valence-corrected chi connectivity index (χ3v) is 6.70. The lowest BCUT2D eigenvalue weighted by atomic mass is 10.2. The van der Waals surface area contributed by atoms with Crippen LogP contribution in [0.3, 0.4) is 0 Å². The number of rotatable bonds is 10. The van der Waals surface area contributed by atoms with Crippen molar-refractivity contribution >= 4 is 33.4 Å². The number of hydrogen-bond acceptors (Lipinski definition) is 6. The molecule has 184 valence electrons. The zero-order chi connectivity index (χ0) is 25.6. The van der Waals surface area contributed by atoms with Crippen molar-refractivity contribution in [1.29, 1.82) is 0 Å². The van der Waals surface area contributed by atoms with Crippen LogP contribution < -0.4 is 9.47 Å². The number of nitro benzene ring substituents is 1. The third kappa shape index (κ3) is 9.68. The summed E-state index contributed by atoms with van der Waals surface area (Å²) < 4.78 is 33.2. The van der Waals surface area contributed by atoms with Crippen LogP contribution in [0.15, 0.2) is 90.2 Å². The summed E-state index contributed by atoms with van der Waals surface area (Å²) in [5.41, 5.74) is 2.38. The predicted molar refractivity (Wildman–Crippen MR) is 142 cm³/mol. The lowest BCUT2D eigenvalue weighted by Crippen LogP contribution is -1.93. The minimum Gasteiger partial charge on any atom is -0.497 e. The van der Waals surface area contributed by atoms with Crippen molar-refractivity contribution in [3.63, 3.8) is 0 Å². The molecule has 0 amide bonds. The maximum Gasteiger partial charge on any atom is 0.276 e. The highest BCUT2D eigenvalue weighted by molar-refractivity contribution is 7.87. The van der Waals surface area contributed by atoms with Crippen molar-refractivity contribution in [2.24, 2.45) is 0 Å². The molecule has 0 fully saturated rings. The molecule has 3 rings (SSSR count). The number of hydrogen-bond donors (Lipinski definition) is 0. The number of ether oxygens (including phenoxy) is 2. The van der Waals surface area contributed by atoms with Crippen molar-refractivity contribution in [3.05, 3.63) is 117 Å². The van der Waals surface area contributed by atoms with E-state index in [1.807, 2.05) is 36.4 Å². The summed E-state index contributed by atoms with van der Waals surface area (Å²) in [5, 5.41) is 13.8. The van der Waals surface area contributed by atoms with E-state index >= 15 is 0 Å². The fourth-order valence-electron chi connectivity index (χ4n) is 2.82. The molecule has 0 spiro atoms. The number of methoxy groups -OCH3 is 2. The Morgan fingerprint density at radius 1 is 0.829 bits per heavy atom. The van der Waals surface area contributed by atoms with Crippen molar-refractivity contribution in [1.82, 2.24) is 0 Å². The molecule has 0 aliphatic heterocycles. The van der Waals surface area contributed by atoms with Gasteiger partial charge in [0.15, 0.2) is 0 Å². The van der Waals surface area contributed by atoms with Crippen molar-refractivity contribution in [2.75, 3.05) is 14.2 Å². The highest BCUT2D eigenvalue weighted by Gasteiger charge is 2.09. The van der Waals surface area contributed by atoms with Gasteiger partial charge in [-0.05, 0) is 52.9 Å². The molecule has 0 radical (unpaired) electrons. The first-order valence-electron chi connectivity index (χ1n) is 10.4. The number of para-hydroxylation sites is 1. The zero-order valence-corrected chi connectivity index (χ0v) is 21.1. The number of benzene rings is 3. The molecule has 9 heteroatoms. The molecule has 3 aromatic rings. The van der Waals surface area contributed by atoms with Crippen LogP contribution in [-0.2, 0) is 33.1 Å². The van der Waals surface area contributed by atoms with Crippen LogP contribution in [0.2, 0.25) is 0 Å². The minimum atomic E-state index is -1.25. The Labute approximate surface area is 210 Å². The van der Waals surface area contributed by atoms with Crippen molar-refractivity contribution < 1.29 is 22.8 Å². The van der Waals surface area contributed by atoms with Gasteiger partial charge >= 0.3 is 0 Å². The third-order valence-electron chi connectivity index (χ3n) is 4.65. The Hall–Kier alpha value is -3.56. The highest BCUT2D eigenvalue weighted by atomic mass is 32.2. The molecular formula is C26H27NO6S2. The first kappa shape index (κ1) is 27.7. The Morgan fingerprint density at radius 3 is 1.77 bits per heavy atom. The van der Waals surface area contributed by atoms with Crippen LogP contribution in [-0.4, -0.2) is 27.6 Å². The molecule has 0 aliphatic carbocycles. The smallest absolute Gasteiger partial charge is 0.276 e. The molecule has 2 atom stereocenters. The molecule has 0 aliphatic rings. The average Bonchev–Trinajstić information content (AvgIpc) is 2.88. The van der Waals surface area contributed by atoms with Crippen molar-refractivity contribution in [3.8, 4) is 11.5 Å². The van der Waals surface area contributed by atoms with Gasteiger partial charge in [0.2, 0.25) is 0 Å². The van der Waals surface area contributed by atoms with E-state index in [1.54, 1.807) is 44.6 Å². The van der Waals surface area contributed by atoms with Crippen molar-refractivity contribution in [2.45, 2.75) is 11.5 Å². The van der Waals surface area contributed by atoms with Gasteiger partial charge in [-0.2, -0.15) is 0 Å². The molecule has 0 saturated heterocycles. The molecule has 2 unspecified atom stereocenters. The summed E-state index contributed by atoms with van der Waals surface area (Å²) in [6.45, 7) is 3.47. The van der Waals surface area contributed by atoms with Crippen LogP contribution in [0, 0.1) is 10.1 Å². The summed E-state index contributed by atoms with van der Waals surface area (Å²) in [4.78, 5) is 10.4. The summed E-state index contributed by atoms with van der Waals surface area (Å²) in [7, 11) is 0.999. The highest BCUT2D eigenvalue weighted by Crippen LogP contribution is 2.20. The maximum absolute atomic E-state index is 12.0. The van der Waals surface area contributed by atoms with E-state index in [0.29, 0.717) is 17.1 Å². The largest absolute Gasteiger partial charge is 0.497 e. The van der Waals surface area contributed by atoms with Crippen LogP contribution in [0.1, 0.15) is 16.7 Å². The molecule has 3 aromatic carbocycles. The second-order valence-electron chi connectivity index (χ2n) is 7.03. The van der Waals surface area contributed by atoms with Gasteiger partial charge < -0.3 is 9.47 Å². The molecule has 0 bridgehead atoms. The van der Waals surface area contributed by atoms with Gasteiger partial charge in [-0.25, -0.2) is 0 Å². The molecule has 35 heavy (non-hydrogen) atoms. The molecule has 0 aromatic heterocycles. The van der Waals surface area contributed by atoms with Crippen LogP contribution in [0.5, 0.6) is 11.5 Å². The Morgan fingerprint density at radius 2 is 1.31 bits per heavy atom. The second kappa shape index (κ2) is 14.6. The number of nitrogens with zero attached hydrogens (tertiary/aromatic N) is 1. The lowest BCUT2D eigenvalue weighted by Gasteiger charge is -2.02. The maximum atomic E-state index is 12.0. The van der Waals surface area contributed by atoms with Gasteiger partial charge in [0.1, 0.15) is 11.5 Å². The topological polar surface area (TPSA) is 95.7 Å². The van der Waals surface area contributed by atoms with Gasteiger partial charge in [0.05, 0.1) is 47.0 Å². The quantitative estimate of drug-likeness (QED) is 0.258. The summed E-state index contributed by atoms with van der Waals surface area (Å²) in [5.74, 6) is 2.42. The first-order chi connectivity index (χ1) is 16.9. The van der Waals surface area contributed by atoms with E-state index < -0.39 is 26.5 Å². The fraction of sp³-hybridized carbons (Fsp3) is 0.154. The fourth-order valence-corrected chi connectivity index (χ4v) is 4.38. The first-order valence-corrected chi connectivity index (χ1v) is 13.2. The molecule has 0 saturated carbocycles. The molecule has 0 heterocycles. The van der Waals surface area contributed by atoms with Gasteiger partial charge in [0.25, 0.3) is 5.69 Å². The Kier molecular flexibility index (Phi) is 11.6. The summed E-state index contributed by atoms with van der Waals surface area (Å²) in [6, 6.07) is 21.2. The predicted octanol–water partition coefficient (Wildman–Crippen LogP) is 5.61. The van der Waals surface area contributed by atoms with Gasteiger partial charge in [0, 0.05) is 22.3 Å². The SMILES string of the molecule is C=CS(=O)Cc1ccc(OC)cc1.COc1ccc(CS(=O)/C=C/c2ccccc2[N+](=O)[O-])cc1. The zero-order valence-electron chi connectivity index (χ0n) is 19.5. The summed E-state index contributed by atoms with van der Waals surface area (Å²) >= 11 is 0. The average molecular weight is 514 g/mol. The van der Waals surface area contributed by atoms with E-state index in [2.05, 4.69) is 6.58 Å². The van der Waals surface area contributed by atoms with E-state index in [1.165, 1.54) is 23.0 Å². The molecule has 0 N–H and O–H groups in total. The lowest BCUT2D eigenvalue weighted by molar-refractivity contribution is -0.385. The normalized spacial score (nSPS) is 12.2. The van der Waals surface area contributed by atoms with Gasteiger partial charge in [-0.15, -0.1) is 0 Å². The number of nitro groups is 1. The standard InChI is InChI=1S/C16H15NO4S.C10H12O2S/c1-21-15-8-6-13(7-9-15)12-22(20)11-10-14-4-2-3-5-16(14)17(18)19;1-3-13(11)8-9-4-6-10(12-2)7-5-9/h2-11H,12H2,1H3;3-7H,1,8H2,2H3/b11-10+;. The minimum absolute atomic E-state index is 0.000183. The van der Waals surface area contributed by atoms with E-state index in [-0.39, 0.29) is 5.69 Å². The van der Waals surface area contributed by atoms with E-state index in [9.17, 15) is 18.5 Å². The van der Waals surface area contributed by atoms with Crippen LogP contribution in [0.25, 0.3) is 6.08 Å². The second-order valence-corrected chi connectivity index (χ2v) is 9.74. The van der Waals surface area contributed by atoms with Gasteiger partial charge in [-0.3, -0.25) is 18.5 Å². The molecule has 7 nitrogen and oxygen atoms in total. The van der Waals surface area contributed by atoms with E-state index in [4.69, 9.17) is 9.47 Å². The van der Waals surface area contributed by atoms with Gasteiger partial charge in [-0.1, -0.05) is 43.0 Å². The summed E-state index contributed by atoms with van der Waals surface area (Å²) in [6.07, 6.45) is 1.53. The van der Waals surface area contributed by atoms with E-state index in [0.717, 1.165) is 22.6 Å². The monoisotopic (exact) mass is 513 g/mol. The molecular weight excluding hydrogens is 486 g/mol. The Balaban J connectivity index is 0.000000283.